The predicted molar refractivity (Wildman–Crippen MR) is 60.7 cm³/mol. The number of aryl methyl sites for hydroxylation is 1. The minimum Gasteiger partial charge on any atom is -0.314 e. The molecule has 0 heterocycles. The highest BCUT2D eigenvalue weighted by atomic mass is 19.4. The zero-order valence-corrected chi connectivity index (χ0v) is 9.86. The lowest BCUT2D eigenvalue weighted by Crippen LogP contribution is -2.18. The Balaban J connectivity index is 1.87. The smallest absolute Gasteiger partial charge is 0.314 e. The molecular formula is C13H15F4N. The van der Waals surface area contributed by atoms with E-state index >= 15 is 0 Å². The third kappa shape index (κ3) is 3.70. The maximum absolute atomic E-state index is 13.3. The number of halogens is 4. The maximum Gasteiger partial charge on any atom is 0.419 e. The summed E-state index contributed by atoms with van der Waals surface area (Å²) >= 11 is 0. The van der Waals surface area contributed by atoms with Crippen molar-refractivity contribution in [2.45, 2.75) is 37.9 Å². The lowest BCUT2D eigenvalue weighted by Gasteiger charge is -2.09. The molecule has 1 nitrogen and oxygen atoms in total. The zero-order valence-electron chi connectivity index (χ0n) is 9.86. The van der Waals surface area contributed by atoms with Gasteiger partial charge in [0.2, 0.25) is 0 Å². The molecule has 18 heavy (non-hydrogen) atoms. The van der Waals surface area contributed by atoms with E-state index in [1.807, 2.05) is 0 Å². The average Bonchev–Trinajstić information content (AvgIpc) is 3.06. The summed E-state index contributed by atoms with van der Waals surface area (Å²) in [6.07, 6.45) is -0.809. The quantitative estimate of drug-likeness (QED) is 0.631. The van der Waals surface area contributed by atoms with E-state index in [1.165, 1.54) is 18.9 Å². The first-order chi connectivity index (χ1) is 8.47. The van der Waals surface area contributed by atoms with Crippen molar-refractivity contribution in [3.63, 3.8) is 0 Å². The van der Waals surface area contributed by atoms with Gasteiger partial charge in [-0.2, -0.15) is 13.2 Å². The molecule has 1 fully saturated rings. The Labute approximate surface area is 103 Å². The van der Waals surface area contributed by atoms with Crippen molar-refractivity contribution in [3.05, 3.63) is 35.1 Å². The van der Waals surface area contributed by atoms with E-state index < -0.39 is 17.6 Å². The number of benzene rings is 1. The second-order valence-electron chi connectivity index (χ2n) is 4.64. The average molecular weight is 261 g/mol. The summed E-state index contributed by atoms with van der Waals surface area (Å²) in [4.78, 5) is 0. The van der Waals surface area contributed by atoms with Crippen molar-refractivity contribution in [1.29, 1.82) is 0 Å². The van der Waals surface area contributed by atoms with E-state index in [4.69, 9.17) is 0 Å². The van der Waals surface area contributed by atoms with E-state index in [2.05, 4.69) is 5.32 Å². The van der Waals surface area contributed by atoms with Crippen molar-refractivity contribution in [2.24, 2.45) is 0 Å². The second-order valence-corrected chi connectivity index (χ2v) is 4.64. The van der Waals surface area contributed by atoms with Gasteiger partial charge in [0.05, 0.1) is 5.56 Å². The minimum absolute atomic E-state index is 0.592. The fraction of sp³-hybridized carbons (Fsp3) is 0.538. The van der Waals surface area contributed by atoms with Crippen LogP contribution in [0, 0.1) is 5.82 Å². The molecule has 1 aromatic rings. The Kier molecular flexibility index (Phi) is 3.90. The summed E-state index contributed by atoms with van der Waals surface area (Å²) in [5.41, 5.74) is -0.583. The Bertz CT molecular complexity index is 410. The van der Waals surface area contributed by atoms with Gasteiger partial charge < -0.3 is 5.32 Å². The van der Waals surface area contributed by atoms with Crippen LogP contribution < -0.4 is 5.32 Å². The molecule has 1 saturated carbocycles. The molecular weight excluding hydrogens is 246 g/mol. The van der Waals surface area contributed by atoms with Gasteiger partial charge in [-0.15, -0.1) is 0 Å². The molecule has 0 unspecified atom stereocenters. The number of hydrogen-bond acceptors (Lipinski definition) is 1. The summed E-state index contributed by atoms with van der Waals surface area (Å²) < 4.78 is 50.3. The van der Waals surface area contributed by atoms with Gasteiger partial charge in [0, 0.05) is 6.04 Å². The molecule has 0 radical (unpaired) electrons. The van der Waals surface area contributed by atoms with E-state index in [1.54, 1.807) is 0 Å². The highest BCUT2D eigenvalue weighted by Gasteiger charge is 2.33. The number of nitrogens with one attached hydrogen (secondary N) is 1. The summed E-state index contributed by atoms with van der Waals surface area (Å²) in [5, 5.41) is 3.30. The van der Waals surface area contributed by atoms with Crippen molar-refractivity contribution in [3.8, 4) is 0 Å². The van der Waals surface area contributed by atoms with Crippen molar-refractivity contribution >= 4 is 0 Å². The van der Waals surface area contributed by atoms with Crippen molar-refractivity contribution in [1.82, 2.24) is 5.32 Å². The zero-order chi connectivity index (χ0) is 13.2. The van der Waals surface area contributed by atoms with Gasteiger partial charge in [-0.1, -0.05) is 6.07 Å². The fourth-order valence-corrected chi connectivity index (χ4v) is 1.83. The van der Waals surface area contributed by atoms with E-state index in [-0.39, 0.29) is 0 Å². The van der Waals surface area contributed by atoms with Gasteiger partial charge in [-0.05, 0) is 49.9 Å². The Morgan fingerprint density at radius 2 is 1.94 bits per heavy atom. The van der Waals surface area contributed by atoms with Gasteiger partial charge in [0.1, 0.15) is 5.82 Å². The fourth-order valence-electron chi connectivity index (χ4n) is 1.83. The van der Waals surface area contributed by atoms with Crippen LogP contribution in [0.3, 0.4) is 0 Å². The van der Waals surface area contributed by atoms with E-state index in [9.17, 15) is 17.6 Å². The molecule has 1 aliphatic rings. The molecule has 1 aromatic carbocycles. The van der Waals surface area contributed by atoms with Crippen LogP contribution in [0.4, 0.5) is 17.6 Å². The van der Waals surface area contributed by atoms with Crippen molar-refractivity contribution < 1.29 is 17.6 Å². The van der Waals surface area contributed by atoms with Crippen LogP contribution >= 0.6 is 0 Å². The maximum atomic E-state index is 13.3. The number of rotatable bonds is 5. The summed E-state index contributed by atoms with van der Waals surface area (Å²) in [6.45, 7) is 0.827. The second kappa shape index (κ2) is 5.26. The van der Waals surface area contributed by atoms with E-state index in [0.29, 0.717) is 18.0 Å². The predicted octanol–water partition coefficient (Wildman–Crippen LogP) is 3.53. The van der Waals surface area contributed by atoms with E-state index in [0.717, 1.165) is 25.1 Å². The van der Waals surface area contributed by atoms with Gasteiger partial charge in [-0.25, -0.2) is 4.39 Å². The van der Waals surface area contributed by atoms with Crippen LogP contribution in [0.1, 0.15) is 30.4 Å². The van der Waals surface area contributed by atoms with Crippen LogP contribution in [0.5, 0.6) is 0 Å². The largest absolute Gasteiger partial charge is 0.419 e. The molecule has 0 aliphatic heterocycles. The highest BCUT2D eigenvalue weighted by Crippen LogP contribution is 2.31. The van der Waals surface area contributed by atoms with Crippen LogP contribution in [0.25, 0.3) is 0 Å². The molecule has 100 valence electrons. The molecule has 0 saturated heterocycles. The molecule has 1 N–H and O–H groups in total. The molecule has 0 spiro atoms. The van der Waals surface area contributed by atoms with Crippen LogP contribution in [-0.2, 0) is 12.6 Å². The summed E-state index contributed by atoms with van der Waals surface area (Å²) in [5.74, 6) is -1.19. The third-order valence-electron chi connectivity index (χ3n) is 2.99. The van der Waals surface area contributed by atoms with Gasteiger partial charge in [-0.3, -0.25) is 0 Å². The first-order valence-corrected chi connectivity index (χ1v) is 6.06. The van der Waals surface area contributed by atoms with Gasteiger partial charge >= 0.3 is 6.18 Å². The topological polar surface area (TPSA) is 12.0 Å². The molecule has 0 amide bonds. The molecule has 0 aromatic heterocycles. The van der Waals surface area contributed by atoms with Gasteiger partial charge in [0.25, 0.3) is 0 Å². The Morgan fingerprint density at radius 1 is 1.22 bits per heavy atom. The minimum atomic E-state index is -4.61. The highest BCUT2D eigenvalue weighted by molar-refractivity contribution is 5.26. The lowest BCUT2D eigenvalue weighted by molar-refractivity contribution is -0.140. The van der Waals surface area contributed by atoms with Gasteiger partial charge in [0.15, 0.2) is 0 Å². The first-order valence-electron chi connectivity index (χ1n) is 6.06. The molecule has 1 aliphatic carbocycles. The molecule has 0 bridgehead atoms. The van der Waals surface area contributed by atoms with Crippen LogP contribution in [0.15, 0.2) is 18.2 Å². The molecule has 0 atom stereocenters. The summed E-state index contributed by atoms with van der Waals surface area (Å²) in [6, 6.07) is 3.77. The Hall–Kier alpha value is -1.10. The molecule has 5 heteroatoms. The van der Waals surface area contributed by atoms with Crippen molar-refractivity contribution in [2.75, 3.05) is 6.54 Å². The summed E-state index contributed by atoms with van der Waals surface area (Å²) in [7, 11) is 0. The molecule has 2 rings (SSSR count). The SMILES string of the molecule is Fc1cc(CCCNC2CC2)ccc1C(F)(F)F. The number of alkyl halides is 3. The third-order valence-corrected chi connectivity index (χ3v) is 2.99. The standard InChI is InChI=1S/C13H15F4N/c14-12-8-9(2-1-7-18-10-4-5-10)3-6-11(12)13(15,16)17/h3,6,8,10,18H,1-2,4-5,7H2. The number of hydrogen-bond donors (Lipinski definition) is 1. The monoisotopic (exact) mass is 261 g/mol. The van der Waals surface area contributed by atoms with Crippen LogP contribution in [-0.4, -0.2) is 12.6 Å². The Morgan fingerprint density at radius 3 is 2.50 bits per heavy atom. The normalized spacial score (nSPS) is 16.0. The van der Waals surface area contributed by atoms with Crippen LogP contribution in [0.2, 0.25) is 0 Å². The lowest BCUT2D eigenvalue weighted by atomic mass is 10.1. The first kappa shape index (κ1) is 13.3.